The Morgan fingerprint density at radius 2 is 2.52 bits per heavy atom. The number of hydrogen-bond acceptors (Lipinski definition) is 4. The second-order valence-electron chi connectivity index (χ2n) is 6.17. The van der Waals surface area contributed by atoms with Crippen LogP contribution in [0.4, 0.5) is 0 Å². The topological polar surface area (TPSA) is 38.8 Å². The summed E-state index contributed by atoms with van der Waals surface area (Å²) in [5.74, 6) is 0.230. The summed E-state index contributed by atoms with van der Waals surface area (Å²) >= 11 is 1.64. The molecule has 1 aromatic rings. The summed E-state index contributed by atoms with van der Waals surface area (Å²) in [5.41, 5.74) is 1.11. The molecule has 0 bridgehead atoms. The number of rotatable bonds is 4. The summed E-state index contributed by atoms with van der Waals surface area (Å²) in [6, 6.07) is 2.03. The average Bonchev–Trinajstić information content (AvgIpc) is 2.99. The molecule has 2 aliphatic rings. The van der Waals surface area contributed by atoms with Crippen molar-refractivity contribution in [1.29, 1.82) is 0 Å². The van der Waals surface area contributed by atoms with E-state index in [1.54, 1.807) is 18.4 Å². The van der Waals surface area contributed by atoms with Gasteiger partial charge in [-0.15, -0.1) is 0 Å². The van der Waals surface area contributed by atoms with E-state index in [1.165, 1.54) is 0 Å². The van der Waals surface area contributed by atoms with E-state index in [0.29, 0.717) is 13.0 Å². The normalized spacial score (nSPS) is 29.2. The van der Waals surface area contributed by atoms with Gasteiger partial charge in [-0.05, 0) is 41.7 Å². The molecule has 1 amide bonds. The van der Waals surface area contributed by atoms with Crippen molar-refractivity contribution in [3.63, 3.8) is 0 Å². The first-order valence-electron chi connectivity index (χ1n) is 7.63. The number of hydrogen-bond donors (Lipinski definition) is 0. The minimum atomic E-state index is -0.00441. The van der Waals surface area contributed by atoms with E-state index in [4.69, 9.17) is 9.47 Å². The number of nitrogens with zero attached hydrogens (tertiary/aromatic N) is 1. The third-order valence-electron chi connectivity index (χ3n) is 4.71. The van der Waals surface area contributed by atoms with Gasteiger partial charge < -0.3 is 14.4 Å². The number of fused-ring (bicyclic) bond motifs is 1. The molecule has 5 heteroatoms. The molecule has 0 unspecified atom stereocenters. The molecular formula is C16H23NO3S. The van der Waals surface area contributed by atoms with Crippen molar-refractivity contribution in [1.82, 2.24) is 4.90 Å². The van der Waals surface area contributed by atoms with Gasteiger partial charge in [0.2, 0.25) is 5.91 Å². The van der Waals surface area contributed by atoms with Gasteiger partial charge in [-0.1, -0.05) is 0 Å². The van der Waals surface area contributed by atoms with Gasteiger partial charge in [0.15, 0.2) is 0 Å². The summed E-state index contributed by atoms with van der Waals surface area (Å²) in [5, 5.41) is 4.08. The number of piperidine rings is 1. The summed E-state index contributed by atoms with van der Waals surface area (Å²) in [6.45, 7) is 3.10. The Kier molecular flexibility index (Phi) is 4.62. The van der Waals surface area contributed by atoms with Crippen LogP contribution in [0.1, 0.15) is 24.8 Å². The van der Waals surface area contributed by atoms with Crippen LogP contribution in [0.25, 0.3) is 0 Å². The van der Waals surface area contributed by atoms with E-state index >= 15 is 0 Å². The van der Waals surface area contributed by atoms with Crippen molar-refractivity contribution in [3.05, 3.63) is 22.4 Å². The van der Waals surface area contributed by atoms with Gasteiger partial charge in [-0.3, -0.25) is 4.79 Å². The molecule has 2 atom stereocenters. The van der Waals surface area contributed by atoms with Crippen molar-refractivity contribution in [2.45, 2.75) is 31.8 Å². The molecule has 0 aromatic carbocycles. The van der Waals surface area contributed by atoms with E-state index in [9.17, 15) is 4.79 Å². The smallest absolute Gasteiger partial charge is 0.227 e. The number of thiophene rings is 1. The van der Waals surface area contributed by atoms with E-state index < -0.39 is 0 Å². The number of ether oxygens (including phenoxy) is 2. The summed E-state index contributed by atoms with van der Waals surface area (Å²) in [7, 11) is 1.74. The van der Waals surface area contributed by atoms with Crippen molar-refractivity contribution in [3.8, 4) is 0 Å². The van der Waals surface area contributed by atoms with Crippen LogP contribution in [-0.2, 0) is 20.7 Å². The molecule has 0 spiro atoms. The first-order valence-corrected chi connectivity index (χ1v) is 8.57. The molecule has 2 saturated heterocycles. The zero-order valence-electron chi connectivity index (χ0n) is 12.5. The fourth-order valence-electron chi connectivity index (χ4n) is 3.68. The molecule has 3 rings (SSSR count). The molecule has 0 aliphatic carbocycles. The molecule has 2 aliphatic heterocycles. The summed E-state index contributed by atoms with van der Waals surface area (Å²) in [6.07, 6.45) is 3.84. The van der Waals surface area contributed by atoms with Crippen LogP contribution in [0.5, 0.6) is 0 Å². The van der Waals surface area contributed by atoms with Gasteiger partial charge in [0, 0.05) is 32.2 Å². The minimum Gasteiger partial charge on any atom is -0.384 e. The number of carbonyl (C=O) groups is 1. The van der Waals surface area contributed by atoms with Crippen LogP contribution >= 0.6 is 11.3 Å². The fourth-order valence-corrected chi connectivity index (χ4v) is 4.35. The van der Waals surface area contributed by atoms with E-state index in [-0.39, 0.29) is 17.4 Å². The Bertz CT molecular complexity index is 472. The summed E-state index contributed by atoms with van der Waals surface area (Å²) in [4.78, 5) is 14.6. The second-order valence-corrected chi connectivity index (χ2v) is 6.95. The number of likely N-dealkylation sites (tertiary alicyclic amines) is 1. The van der Waals surface area contributed by atoms with Gasteiger partial charge in [0.25, 0.3) is 0 Å². The lowest BCUT2D eigenvalue weighted by Gasteiger charge is -2.50. The van der Waals surface area contributed by atoms with E-state index in [2.05, 4.69) is 5.38 Å². The lowest BCUT2D eigenvalue weighted by atomic mass is 9.73. The van der Waals surface area contributed by atoms with Gasteiger partial charge in [-0.25, -0.2) is 0 Å². The Labute approximate surface area is 130 Å². The van der Waals surface area contributed by atoms with E-state index in [1.807, 2.05) is 16.3 Å². The van der Waals surface area contributed by atoms with Crippen molar-refractivity contribution in [2.24, 2.45) is 5.41 Å². The third-order valence-corrected chi connectivity index (χ3v) is 5.44. The van der Waals surface area contributed by atoms with Gasteiger partial charge >= 0.3 is 0 Å². The molecule has 116 valence electrons. The van der Waals surface area contributed by atoms with Crippen LogP contribution < -0.4 is 0 Å². The van der Waals surface area contributed by atoms with Crippen molar-refractivity contribution < 1.29 is 14.3 Å². The number of carbonyl (C=O) groups excluding carboxylic acids is 1. The zero-order chi connectivity index (χ0) is 14.7. The number of methoxy groups -OCH3 is 1. The zero-order valence-corrected chi connectivity index (χ0v) is 13.4. The largest absolute Gasteiger partial charge is 0.384 e. The Hall–Kier alpha value is -0.910. The lowest BCUT2D eigenvalue weighted by molar-refractivity contribution is -0.161. The molecule has 21 heavy (non-hydrogen) atoms. The van der Waals surface area contributed by atoms with Crippen LogP contribution in [0, 0.1) is 5.41 Å². The van der Waals surface area contributed by atoms with Crippen LogP contribution in [0.3, 0.4) is 0 Å². The molecule has 4 nitrogen and oxygen atoms in total. The molecule has 1 aromatic heterocycles. The maximum atomic E-state index is 12.5. The number of amides is 1. The van der Waals surface area contributed by atoms with Crippen molar-refractivity contribution in [2.75, 3.05) is 33.4 Å². The minimum absolute atomic E-state index is 0.00441. The van der Waals surface area contributed by atoms with E-state index in [0.717, 1.165) is 44.5 Å². The lowest BCUT2D eigenvalue weighted by Crippen LogP contribution is -2.58. The Morgan fingerprint density at radius 3 is 3.29 bits per heavy atom. The molecule has 3 heterocycles. The van der Waals surface area contributed by atoms with Gasteiger partial charge in [-0.2, -0.15) is 11.3 Å². The maximum Gasteiger partial charge on any atom is 0.227 e. The average molecular weight is 309 g/mol. The highest BCUT2D eigenvalue weighted by atomic mass is 32.1. The van der Waals surface area contributed by atoms with Crippen molar-refractivity contribution >= 4 is 17.2 Å². The van der Waals surface area contributed by atoms with Gasteiger partial charge in [0.05, 0.1) is 19.1 Å². The SMILES string of the molecule is COC[C@@]12CCCO[C@H]1CCN(C(=O)Cc1ccsc1)C2. The highest BCUT2D eigenvalue weighted by Crippen LogP contribution is 2.40. The molecule has 2 fully saturated rings. The fraction of sp³-hybridized carbons (Fsp3) is 0.688. The molecule has 0 saturated carbocycles. The first-order chi connectivity index (χ1) is 10.2. The maximum absolute atomic E-state index is 12.5. The van der Waals surface area contributed by atoms with Crippen LogP contribution in [0.2, 0.25) is 0 Å². The first kappa shape index (κ1) is 15.0. The third kappa shape index (κ3) is 3.15. The molecule has 0 N–H and O–H groups in total. The predicted octanol–water partition coefficient (Wildman–Crippen LogP) is 2.33. The molecule has 0 radical (unpaired) electrons. The molecular weight excluding hydrogens is 286 g/mol. The monoisotopic (exact) mass is 309 g/mol. The van der Waals surface area contributed by atoms with Crippen LogP contribution in [0.15, 0.2) is 16.8 Å². The Morgan fingerprint density at radius 1 is 1.62 bits per heavy atom. The second kappa shape index (κ2) is 6.46. The van der Waals surface area contributed by atoms with Crippen LogP contribution in [-0.4, -0.2) is 50.3 Å². The summed E-state index contributed by atoms with van der Waals surface area (Å²) < 4.78 is 11.4. The quantitative estimate of drug-likeness (QED) is 0.857. The highest BCUT2D eigenvalue weighted by molar-refractivity contribution is 7.07. The highest BCUT2D eigenvalue weighted by Gasteiger charge is 2.46. The Balaban J connectivity index is 1.69. The predicted molar refractivity (Wildman–Crippen MR) is 82.5 cm³/mol. The standard InChI is InChI=1S/C16H23NO3S/c1-19-12-16-5-2-7-20-14(16)3-6-17(11-16)15(18)9-13-4-8-21-10-13/h4,8,10,14H,2-3,5-7,9,11-12H2,1H3/t14-,16-/m0/s1. The van der Waals surface area contributed by atoms with Gasteiger partial charge in [0.1, 0.15) is 0 Å².